The van der Waals surface area contributed by atoms with Gasteiger partial charge in [0.1, 0.15) is 0 Å². The summed E-state index contributed by atoms with van der Waals surface area (Å²) in [5.41, 5.74) is 1.66. The number of carbonyl (C=O) groups excluding carboxylic acids is 1. The number of carboxylic acids is 1. The van der Waals surface area contributed by atoms with Gasteiger partial charge in [0.2, 0.25) is 0 Å². The summed E-state index contributed by atoms with van der Waals surface area (Å²) in [5.74, 6) is -1.33. The number of carboxylic acid groups (broad SMARTS) is 1. The quantitative estimate of drug-likeness (QED) is 0.248. The maximum absolute atomic E-state index is 11.1. The second kappa shape index (κ2) is 8.73. The molecule has 0 fully saturated rings. The Labute approximate surface area is 175 Å². The Hall–Kier alpha value is -1.80. The van der Waals surface area contributed by atoms with Gasteiger partial charge in [0.15, 0.2) is 0 Å². The summed E-state index contributed by atoms with van der Waals surface area (Å²) in [6, 6.07) is 9.97. The molecule has 10 heteroatoms. The van der Waals surface area contributed by atoms with Crippen LogP contribution < -0.4 is 5.06 Å². The highest BCUT2D eigenvalue weighted by atomic mass is 127. The molecule has 1 aliphatic heterocycles. The number of nitro benzene ring substituents is 1. The first-order valence-corrected chi connectivity index (χ1v) is 9.31. The first-order chi connectivity index (χ1) is 12.2. The minimum atomic E-state index is -1.07. The first kappa shape index (κ1) is 20.5. The number of hydroxylamine groups is 1. The second-order valence-electron chi connectivity index (χ2n) is 5.18. The largest absolute Gasteiger partial charge is 0.481 e. The first-order valence-electron chi connectivity index (χ1n) is 7.15. The molecular weight excluding hydrogens is 570 g/mol. The van der Waals surface area contributed by atoms with Crippen molar-refractivity contribution in [3.05, 3.63) is 64.8 Å². The van der Waals surface area contributed by atoms with E-state index in [-0.39, 0.29) is 23.6 Å². The molecule has 2 N–H and O–H groups in total. The number of aliphatic carboxylic acids is 1. The lowest BCUT2D eigenvalue weighted by molar-refractivity contribution is -0.385. The van der Waals surface area contributed by atoms with Crippen LogP contribution in [0, 0.1) is 17.3 Å². The Morgan fingerprint density at radius 1 is 1.19 bits per heavy atom. The molecule has 0 saturated carbocycles. The van der Waals surface area contributed by atoms with Crippen LogP contribution in [0.15, 0.2) is 36.4 Å². The standard InChI is InChI=1S/C8H6INO4.C8H6INO2/c9-6-2-1-3-7(10(13)14)5(6)4-8(11)12;9-6-2-1-3-7-5(6)4-8(11)10(7)12/h1-3H,4H2,(H,11,12);1-3,12H,4H2. The molecule has 2 aromatic rings. The highest BCUT2D eigenvalue weighted by molar-refractivity contribution is 14.1. The van der Waals surface area contributed by atoms with Gasteiger partial charge >= 0.3 is 5.97 Å². The number of benzene rings is 2. The number of amides is 1. The number of carbonyl (C=O) groups is 2. The summed E-state index contributed by atoms with van der Waals surface area (Å²) >= 11 is 4.04. The van der Waals surface area contributed by atoms with E-state index in [0.717, 1.165) is 14.2 Å². The highest BCUT2D eigenvalue weighted by Crippen LogP contribution is 2.30. The zero-order valence-corrected chi connectivity index (χ0v) is 17.4. The summed E-state index contributed by atoms with van der Waals surface area (Å²) in [6.07, 6.45) is -0.0135. The molecule has 1 heterocycles. The molecule has 136 valence electrons. The number of nitrogens with zero attached hydrogens (tertiary/aromatic N) is 2. The lowest BCUT2D eigenvalue weighted by Gasteiger charge is -2.06. The molecule has 2 aromatic carbocycles. The fourth-order valence-electron chi connectivity index (χ4n) is 2.33. The van der Waals surface area contributed by atoms with Crippen molar-refractivity contribution < 1.29 is 24.8 Å². The number of anilines is 1. The molecule has 0 saturated heterocycles. The minimum Gasteiger partial charge on any atom is -0.481 e. The Bertz CT molecular complexity index is 887. The van der Waals surface area contributed by atoms with Gasteiger partial charge in [-0.3, -0.25) is 24.9 Å². The summed E-state index contributed by atoms with van der Waals surface area (Å²) in [6.45, 7) is 0. The predicted octanol–water partition coefficient (Wildman–Crippen LogP) is 3.40. The van der Waals surface area contributed by atoms with E-state index in [0.29, 0.717) is 15.7 Å². The van der Waals surface area contributed by atoms with Gasteiger partial charge in [0.25, 0.3) is 11.6 Å². The molecule has 0 radical (unpaired) electrons. The molecule has 0 aromatic heterocycles. The Morgan fingerprint density at radius 2 is 1.81 bits per heavy atom. The molecule has 26 heavy (non-hydrogen) atoms. The van der Waals surface area contributed by atoms with Crippen LogP contribution in [-0.4, -0.2) is 27.1 Å². The van der Waals surface area contributed by atoms with E-state index in [1.165, 1.54) is 12.1 Å². The third kappa shape index (κ3) is 4.67. The van der Waals surface area contributed by atoms with Gasteiger partial charge in [-0.25, -0.2) is 0 Å². The molecule has 1 amide bonds. The van der Waals surface area contributed by atoms with Crippen LogP contribution in [0.25, 0.3) is 0 Å². The molecule has 0 atom stereocenters. The lowest BCUT2D eigenvalue weighted by atomic mass is 10.1. The van der Waals surface area contributed by atoms with E-state index in [1.807, 2.05) is 34.7 Å². The monoisotopic (exact) mass is 582 g/mol. The molecule has 0 unspecified atom stereocenters. The zero-order valence-electron chi connectivity index (χ0n) is 13.1. The van der Waals surface area contributed by atoms with Crippen LogP contribution >= 0.6 is 45.2 Å². The summed E-state index contributed by atoms with van der Waals surface area (Å²) < 4.78 is 1.62. The van der Waals surface area contributed by atoms with Crippen molar-refractivity contribution in [2.75, 3.05) is 5.06 Å². The van der Waals surface area contributed by atoms with Crippen molar-refractivity contribution in [2.24, 2.45) is 0 Å². The summed E-state index contributed by atoms with van der Waals surface area (Å²) in [7, 11) is 0. The molecule has 0 bridgehead atoms. The fourth-order valence-corrected chi connectivity index (χ4v) is 3.67. The van der Waals surface area contributed by atoms with Gasteiger partial charge in [-0.2, -0.15) is 5.06 Å². The van der Waals surface area contributed by atoms with Gasteiger partial charge in [0, 0.05) is 18.8 Å². The summed E-state index contributed by atoms with van der Waals surface area (Å²) in [4.78, 5) is 31.5. The van der Waals surface area contributed by atoms with E-state index < -0.39 is 10.9 Å². The van der Waals surface area contributed by atoms with Crippen LogP contribution in [0.2, 0.25) is 0 Å². The van der Waals surface area contributed by atoms with E-state index >= 15 is 0 Å². The molecule has 0 aliphatic carbocycles. The number of hydrogen-bond acceptors (Lipinski definition) is 5. The van der Waals surface area contributed by atoms with Gasteiger partial charge < -0.3 is 5.11 Å². The smallest absolute Gasteiger partial charge is 0.308 e. The normalized spacial score (nSPS) is 12.3. The van der Waals surface area contributed by atoms with Crippen LogP contribution in [0.3, 0.4) is 0 Å². The molecular formula is C16H12I2N2O6. The molecule has 1 aliphatic rings. The predicted molar refractivity (Wildman–Crippen MR) is 109 cm³/mol. The fraction of sp³-hybridized carbons (Fsp3) is 0.125. The van der Waals surface area contributed by atoms with Crippen molar-refractivity contribution in [2.45, 2.75) is 12.8 Å². The maximum Gasteiger partial charge on any atom is 0.308 e. The van der Waals surface area contributed by atoms with Crippen molar-refractivity contribution in [3.8, 4) is 0 Å². The van der Waals surface area contributed by atoms with E-state index in [1.54, 1.807) is 12.1 Å². The topological polar surface area (TPSA) is 121 Å². The average molecular weight is 582 g/mol. The van der Waals surface area contributed by atoms with Crippen LogP contribution in [0.4, 0.5) is 11.4 Å². The Balaban J connectivity index is 0.000000189. The molecule has 0 spiro atoms. The third-order valence-corrected chi connectivity index (χ3v) is 5.53. The maximum atomic E-state index is 11.1. The Kier molecular flexibility index (Phi) is 6.88. The van der Waals surface area contributed by atoms with E-state index in [2.05, 4.69) is 22.6 Å². The van der Waals surface area contributed by atoms with Crippen molar-refractivity contribution in [1.29, 1.82) is 0 Å². The molecule has 8 nitrogen and oxygen atoms in total. The van der Waals surface area contributed by atoms with Crippen LogP contribution in [0.1, 0.15) is 11.1 Å². The van der Waals surface area contributed by atoms with Crippen molar-refractivity contribution in [3.63, 3.8) is 0 Å². The number of fused-ring (bicyclic) bond motifs is 1. The summed E-state index contributed by atoms with van der Waals surface area (Å²) in [5, 5.41) is 29.1. The average Bonchev–Trinajstić information content (AvgIpc) is 2.86. The molecule has 3 rings (SSSR count). The SMILES string of the molecule is O=C(O)Cc1c(I)cccc1[N+](=O)[O-].O=C1Cc2c(I)cccc2N1O. The number of hydrogen-bond donors (Lipinski definition) is 2. The van der Waals surface area contributed by atoms with Crippen LogP contribution in [0.5, 0.6) is 0 Å². The number of nitro groups is 1. The van der Waals surface area contributed by atoms with Gasteiger partial charge in [-0.05, 0) is 63.4 Å². The lowest BCUT2D eigenvalue weighted by Crippen LogP contribution is -2.21. The van der Waals surface area contributed by atoms with Gasteiger partial charge in [-0.1, -0.05) is 12.1 Å². The zero-order chi connectivity index (χ0) is 19.4. The number of rotatable bonds is 3. The second-order valence-corrected chi connectivity index (χ2v) is 7.51. The third-order valence-electron chi connectivity index (χ3n) is 3.51. The number of halogens is 2. The minimum absolute atomic E-state index is 0.140. The van der Waals surface area contributed by atoms with E-state index in [9.17, 15) is 24.9 Å². The van der Waals surface area contributed by atoms with Gasteiger partial charge in [-0.15, -0.1) is 0 Å². The van der Waals surface area contributed by atoms with Crippen molar-refractivity contribution >= 4 is 68.4 Å². The van der Waals surface area contributed by atoms with Gasteiger partial charge in [0.05, 0.1) is 29.0 Å². The Morgan fingerprint density at radius 3 is 2.38 bits per heavy atom. The highest BCUT2D eigenvalue weighted by Gasteiger charge is 2.27. The van der Waals surface area contributed by atoms with E-state index in [4.69, 9.17) is 5.11 Å². The van der Waals surface area contributed by atoms with Crippen LogP contribution in [-0.2, 0) is 22.4 Å². The van der Waals surface area contributed by atoms with Crippen molar-refractivity contribution in [1.82, 2.24) is 0 Å².